The summed E-state index contributed by atoms with van der Waals surface area (Å²) in [5, 5.41) is 5.34. The molecular weight excluding hydrogens is 285 g/mol. The van der Waals surface area contributed by atoms with E-state index in [0.29, 0.717) is 16.1 Å². The summed E-state index contributed by atoms with van der Waals surface area (Å²) >= 11 is 14.0. The Morgan fingerprint density at radius 2 is 2.00 bits per heavy atom. The number of hydrogen-bond donors (Lipinski definition) is 1. The van der Waals surface area contributed by atoms with Crippen LogP contribution in [-0.2, 0) is 6.42 Å². The van der Waals surface area contributed by atoms with Crippen LogP contribution in [0.15, 0.2) is 18.2 Å². The fraction of sp³-hybridized carbons (Fsp3) is 0.571. The quantitative estimate of drug-likeness (QED) is 0.786. The van der Waals surface area contributed by atoms with Crippen LogP contribution in [0.4, 0.5) is 0 Å². The molecule has 0 saturated heterocycles. The maximum absolute atomic E-state index is 6.03. The highest BCUT2D eigenvalue weighted by Gasteiger charge is 2.10. The summed E-state index contributed by atoms with van der Waals surface area (Å²) in [5.74, 6) is 1.12. The zero-order chi connectivity index (χ0) is 13.5. The third-order valence-electron chi connectivity index (χ3n) is 3.03. The largest absolute Gasteiger partial charge is 0.316 e. The molecule has 0 heterocycles. The predicted molar refractivity (Wildman–Crippen MR) is 85.2 cm³/mol. The van der Waals surface area contributed by atoms with Crippen LogP contribution in [0.25, 0.3) is 0 Å². The van der Waals surface area contributed by atoms with Gasteiger partial charge in [-0.05, 0) is 37.6 Å². The van der Waals surface area contributed by atoms with Crippen LogP contribution >= 0.6 is 35.0 Å². The van der Waals surface area contributed by atoms with Gasteiger partial charge in [0, 0.05) is 17.0 Å². The van der Waals surface area contributed by atoms with Crippen LogP contribution in [-0.4, -0.2) is 24.1 Å². The van der Waals surface area contributed by atoms with Crippen molar-refractivity contribution in [1.82, 2.24) is 5.32 Å². The predicted octanol–water partition coefficient (Wildman–Crippen LogP) is 4.66. The van der Waals surface area contributed by atoms with Gasteiger partial charge in [0.05, 0.1) is 10.0 Å². The molecule has 102 valence electrons. The Morgan fingerprint density at radius 1 is 1.28 bits per heavy atom. The van der Waals surface area contributed by atoms with Crippen molar-refractivity contribution in [3.63, 3.8) is 0 Å². The number of hydrogen-bond acceptors (Lipinski definition) is 2. The van der Waals surface area contributed by atoms with Gasteiger partial charge in [-0.1, -0.05) is 43.1 Å². The third-order valence-corrected chi connectivity index (χ3v) is 5.27. The first-order valence-corrected chi connectivity index (χ1v) is 8.10. The molecule has 1 nitrogen and oxygen atoms in total. The third kappa shape index (κ3) is 5.40. The highest BCUT2D eigenvalue weighted by molar-refractivity contribution is 7.99. The molecule has 0 amide bonds. The molecule has 2 atom stereocenters. The summed E-state index contributed by atoms with van der Waals surface area (Å²) in [6.45, 7) is 4.50. The van der Waals surface area contributed by atoms with Crippen LogP contribution in [0, 0.1) is 0 Å². The van der Waals surface area contributed by atoms with Gasteiger partial charge in [-0.15, -0.1) is 0 Å². The Kier molecular flexibility index (Phi) is 7.47. The molecule has 1 aromatic rings. The van der Waals surface area contributed by atoms with Gasteiger partial charge in [-0.2, -0.15) is 11.8 Å². The number of likely N-dealkylation sites (N-methyl/N-ethyl adjacent to an activating group) is 1. The van der Waals surface area contributed by atoms with E-state index in [0.717, 1.165) is 17.4 Å². The van der Waals surface area contributed by atoms with Gasteiger partial charge in [0.2, 0.25) is 0 Å². The molecule has 2 unspecified atom stereocenters. The van der Waals surface area contributed by atoms with Gasteiger partial charge in [0.1, 0.15) is 0 Å². The fourth-order valence-electron chi connectivity index (χ4n) is 1.59. The first-order chi connectivity index (χ1) is 8.56. The molecule has 0 aliphatic heterocycles. The highest BCUT2D eigenvalue weighted by atomic mass is 35.5. The molecule has 1 N–H and O–H groups in total. The van der Waals surface area contributed by atoms with Gasteiger partial charge in [-0.25, -0.2) is 0 Å². The van der Waals surface area contributed by atoms with Crippen LogP contribution < -0.4 is 5.32 Å². The first-order valence-electron chi connectivity index (χ1n) is 6.29. The molecule has 0 aliphatic carbocycles. The van der Waals surface area contributed by atoms with Gasteiger partial charge in [0.25, 0.3) is 0 Å². The van der Waals surface area contributed by atoms with Crippen molar-refractivity contribution in [3.8, 4) is 0 Å². The van der Waals surface area contributed by atoms with E-state index < -0.39 is 0 Å². The van der Waals surface area contributed by atoms with Crippen LogP contribution in [0.2, 0.25) is 10.0 Å². The average Bonchev–Trinajstić information content (AvgIpc) is 2.38. The Balaban J connectivity index is 2.54. The number of halogens is 2. The molecule has 1 aromatic carbocycles. The number of rotatable bonds is 7. The molecule has 18 heavy (non-hydrogen) atoms. The van der Waals surface area contributed by atoms with Gasteiger partial charge >= 0.3 is 0 Å². The molecule has 1 rings (SSSR count). The van der Waals surface area contributed by atoms with Crippen molar-refractivity contribution >= 4 is 35.0 Å². The van der Waals surface area contributed by atoms with E-state index in [-0.39, 0.29) is 0 Å². The average molecular weight is 306 g/mol. The van der Waals surface area contributed by atoms with Crippen molar-refractivity contribution in [2.45, 2.75) is 38.0 Å². The Morgan fingerprint density at radius 3 is 2.56 bits per heavy atom. The van der Waals surface area contributed by atoms with Crippen molar-refractivity contribution in [1.29, 1.82) is 0 Å². The summed E-state index contributed by atoms with van der Waals surface area (Å²) in [7, 11) is 2.01. The Hall–Kier alpha value is 0.110. The lowest BCUT2D eigenvalue weighted by atomic mass is 10.1. The number of nitrogens with one attached hydrogen (secondary N) is 1. The second-order valence-electron chi connectivity index (χ2n) is 4.49. The molecule has 0 aromatic heterocycles. The fourth-order valence-corrected chi connectivity index (χ4v) is 3.00. The lowest BCUT2D eigenvalue weighted by Gasteiger charge is -2.18. The van der Waals surface area contributed by atoms with E-state index in [2.05, 4.69) is 19.2 Å². The minimum absolute atomic E-state index is 0.473. The maximum Gasteiger partial charge on any atom is 0.0595 e. The van der Waals surface area contributed by atoms with E-state index in [9.17, 15) is 0 Å². The SMILES string of the molecule is CCC(C)SCC(Cc1ccc(Cl)c(Cl)c1)NC. The molecule has 4 heteroatoms. The van der Waals surface area contributed by atoms with Crippen LogP contribution in [0.1, 0.15) is 25.8 Å². The maximum atomic E-state index is 6.03. The van der Waals surface area contributed by atoms with Crippen molar-refractivity contribution in [2.24, 2.45) is 0 Å². The van der Waals surface area contributed by atoms with Crippen molar-refractivity contribution < 1.29 is 0 Å². The van der Waals surface area contributed by atoms with Gasteiger partial charge < -0.3 is 5.32 Å². The van der Waals surface area contributed by atoms with E-state index in [1.165, 1.54) is 12.0 Å². The summed E-state index contributed by atoms with van der Waals surface area (Å²) in [6.07, 6.45) is 2.20. The summed E-state index contributed by atoms with van der Waals surface area (Å²) in [5.41, 5.74) is 1.23. The zero-order valence-corrected chi connectivity index (χ0v) is 13.5. The molecule has 0 fully saturated rings. The topological polar surface area (TPSA) is 12.0 Å². The molecular formula is C14H21Cl2NS. The van der Waals surface area contributed by atoms with Crippen LogP contribution in [0.5, 0.6) is 0 Å². The summed E-state index contributed by atoms with van der Waals surface area (Å²) < 4.78 is 0. The minimum atomic E-state index is 0.473. The molecule has 0 radical (unpaired) electrons. The summed E-state index contributed by atoms with van der Waals surface area (Å²) in [6, 6.07) is 6.35. The van der Waals surface area contributed by atoms with E-state index >= 15 is 0 Å². The smallest absolute Gasteiger partial charge is 0.0595 e. The van der Waals surface area contributed by atoms with Crippen molar-refractivity contribution in [3.05, 3.63) is 33.8 Å². The molecule has 0 aliphatic rings. The minimum Gasteiger partial charge on any atom is -0.316 e. The van der Waals surface area contributed by atoms with Crippen molar-refractivity contribution in [2.75, 3.05) is 12.8 Å². The normalized spacial score (nSPS) is 14.5. The monoisotopic (exact) mass is 305 g/mol. The Labute approximate surface area is 125 Å². The standard InChI is InChI=1S/C14H21Cl2NS/c1-4-10(2)18-9-12(17-3)7-11-5-6-13(15)14(16)8-11/h5-6,8,10,12,17H,4,7,9H2,1-3H3. The lowest BCUT2D eigenvalue weighted by molar-refractivity contribution is 0.616. The molecule has 0 bridgehead atoms. The van der Waals surface area contributed by atoms with Crippen LogP contribution in [0.3, 0.4) is 0 Å². The Bertz CT molecular complexity index is 371. The molecule has 0 saturated carbocycles. The van der Waals surface area contributed by atoms with E-state index in [4.69, 9.17) is 23.2 Å². The number of thioether (sulfide) groups is 1. The van der Waals surface area contributed by atoms with E-state index in [1.54, 1.807) is 0 Å². The zero-order valence-electron chi connectivity index (χ0n) is 11.2. The second kappa shape index (κ2) is 8.31. The van der Waals surface area contributed by atoms with E-state index in [1.807, 2.05) is 37.0 Å². The lowest BCUT2D eigenvalue weighted by Crippen LogP contribution is -2.30. The second-order valence-corrected chi connectivity index (χ2v) is 6.78. The number of benzene rings is 1. The van der Waals surface area contributed by atoms with Gasteiger partial charge in [0.15, 0.2) is 0 Å². The molecule has 0 spiro atoms. The highest BCUT2D eigenvalue weighted by Crippen LogP contribution is 2.24. The summed E-state index contributed by atoms with van der Waals surface area (Å²) in [4.78, 5) is 0. The first kappa shape index (κ1) is 16.2. The van der Waals surface area contributed by atoms with Gasteiger partial charge in [-0.3, -0.25) is 0 Å².